The number of hydrogen-bond donors (Lipinski definition) is 1. The molecule has 0 saturated carbocycles. The van der Waals surface area contributed by atoms with E-state index < -0.39 is 9.84 Å². The Balaban J connectivity index is 1.97. The Kier molecular flexibility index (Phi) is 5.00. The minimum absolute atomic E-state index is 0.151. The zero-order valence-electron chi connectivity index (χ0n) is 12.3. The van der Waals surface area contributed by atoms with Crippen LogP contribution in [0.15, 0.2) is 6.20 Å². The van der Waals surface area contributed by atoms with Crippen molar-refractivity contribution in [1.29, 1.82) is 0 Å². The minimum atomic E-state index is -2.86. The number of rotatable bonds is 5. The molecule has 0 aromatic carbocycles. The SMILES string of the molecule is CCOC(=O)c1cnn(C)c1CNC1CCS(=O)(=O)CC1. The van der Waals surface area contributed by atoms with Crippen LogP contribution in [0, 0.1) is 0 Å². The van der Waals surface area contributed by atoms with Crippen LogP contribution in [-0.2, 0) is 28.2 Å². The molecule has 118 valence electrons. The number of esters is 1. The van der Waals surface area contributed by atoms with E-state index in [1.807, 2.05) is 0 Å². The summed E-state index contributed by atoms with van der Waals surface area (Å²) in [7, 11) is -1.09. The second-order valence-electron chi connectivity index (χ2n) is 5.16. The van der Waals surface area contributed by atoms with Gasteiger partial charge >= 0.3 is 5.97 Å². The van der Waals surface area contributed by atoms with Crippen LogP contribution in [0.25, 0.3) is 0 Å². The van der Waals surface area contributed by atoms with Crippen molar-refractivity contribution in [3.8, 4) is 0 Å². The molecule has 21 heavy (non-hydrogen) atoms. The van der Waals surface area contributed by atoms with Crippen molar-refractivity contribution in [2.75, 3.05) is 18.1 Å². The van der Waals surface area contributed by atoms with Crippen LogP contribution in [0.5, 0.6) is 0 Å². The number of ether oxygens (including phenoxy) is 1. The predicted octanol–water partition coefficient (Wildman–Crippen LogP) is 0.264. The van der Waals surface area contributed by atoms with E-state index in [2.05, 4.69) is 10.4 Å². The minimum Gasteiger partial charge on any atom is -0.462 e. The van der Waals surface area contributed by atoms with Gasteiger partial charge in [0, 0.05) is 19.6 Å². The van der Waals surface area contributed by atoms with E-state index in [9.17, 15) is 13.2 Å². The first-order chi connectivity index (χ1) is 9.93. The molecule has 7 nitrogen and oxygen atoms in total. The van der Waals surface area contributed by atoms with Crippen molar-refractivity contribution < 1.29 is 17.9 Å². The monoisotopic (exact) mass is 315 g/mol. The molecule has 0 unspecified atom stereocenters. The third-order valence-corrected chi connectivity index (χ3v) is 5.39. The summed E-state index contributed by atoms with van der Waals surface area (Å²) in [5.41, 5.74) is 1.21. The lowest BCUT2D eigenvalue weighted by Gasteiger charge is -2.23. The highest BCUT2D eigenvalue weighted by molar-refractivity contribution is 7.91. The number of nitrogens with zero attached hydrogens (tertiary/aromatic N) is 2. The van der Waals surface area contributed by atoms with E-state index in [1.165, 1.54) is 6.20 Å². The molecular formula is C13H21N3O4S. The summed E-state index contributed by atoms with van der Waals surface area (Å²) in [6, 6.07) is 0.151. The summed E-state index contributed by atoms with van der Waals surface area (Å²) in [5.74, 6) is 0.0651. The Morgan fingerprint density at radius 3 is 2.76 bits per heavy atom. The number of carbonyl (C=O) groups excluding carboxylic acids is 1. The van der Waals surface area contributed by atoms with Crippen molar-refractivity contribution in [3.05, 3.63) is 17.5 Å². The van der Waals surface area contributed by atoms with E-state index in [0.717, 1.165) is 5.69 Å². The summed E-state index contributed by atoms with van der Waals surface area (Å²) in [5, 5.41) is 7.39. The van der Waals surface area contributed by atoms with Gasteiger partial charge in [0.15, 0.2) is 0 Å². The maximum absolute atomic E-state index is 11.8. The van der Waals surface area contributed by atoms with E-state index in [4.69, 9.17) is 4.74 Å². The average Bonchev–Trinajstić information content (AvgIpc) is 2.79. The molecule has 0 amide bonds. The Morgan fingerprint density at radius 1 is 1.48 bits per heavy atom. The fourth-order valence-electron chi connectivity index (χ4n) is 2.39. The number of sulfone groups is 1. The number of aromatic nitrogens is 2. The smallest absolute Gasteiger partial charge is 0.341 e. The lowest BCUT2D eigenvalue weighted by molar-refractivity contribution is 0.0524. The van der Waals surface area contributed by atoms with Gasteiger partial charge < -0.3 is 10.1 Å². The third kappa shape index (κ3) is 4.04. The van der Waals surface area contributed by atoms with Crippen LogP contribution >= 0.6 is 0 Å². The standard InChI is InChI=1S/C13H21N3O4S/c1-3-20-13(17)11-8-15-16(2)12(11)9-14-10-4-6-21(18,19)7-5-10/h8,10,14H,3-7,9H2,1-2H3. The Bertz CT molecular complexity index is 595. The molecule has 1 N–H and O–H groups in total. The second-order valence-corrected chi connectivity index (χ2v) is 7.46. The third-order valence-electron chi connectivity index (χ3n) is 3.67. The number of hydrogen-bond acceptors (Lipinski definition) is 6. The van der Waals surface area contributed by atoms with Crippen molar-refractivity contribution in [3.63, 3.8) is 0 Å². The molecule has 1 aliphatic rings. The maximum Gasteiger partial charge on any atom is 0.341 e. The second kappa shape index (κ2) is 6.57. The molecule has 8 heteroatoms. The largest absolute Gasteiger partial charge is 0.462 e. The Labute approximate surface area is 124 Å². The van der Waals surface area contributed by atoms with Gasteiger partial charge in [0.25, 0.3) is 0 Å². The lowest BCUT2D eigenvalue weighted by atomic mass is 10.1. The molecule has 1 aliphatic heterocycles. The zero-order chi connectivity index (χ0) is 15.5. The highest BCUT2D eigenvalue weighted by atomic mass is 32.2. The van der Waals surface area contributed by atoms with Crippen LogP contribution < -0.4 is 5.32 Å². The fourth-order valence-corrected chi connectivity index (χ4v) is 3.88. The van der Waals surface area contributed by atoms with Crippen molar-refractivity contribution in [2.24, 2.45) is 7.05 Å². The van der Waals surface area contributed by atoms with Gasteiger partial charge in [0.05, 0.1) is 30.0 Å². The molecule has 0 spiro atoms. The van der Waals surface area contributed by atoms with Crippen LogP contribution in [-0.4, -0.2) is 48.3 Å². The van der Waals surface area contributed by atoms with Gasteiger partial charge in [0.1, 0.15) is 15.4 Å². The van der Waals surface area contributed by atoms with E-state index in [1.54, 1.807) is 18.7 Å². The van der Waals surface area contributed by atoms with Crippen LogP contribution in [0.2, 0.25) is 0 Å². The van der Waals surface area contributed by atoms with Gasteiger partial charge in [-0.15, -0.1) is 0 Å². The Morgan fingerprint density at radius 2 is 2.14 bits per heavy atom. The summed E-state index contributed by atoms with van der Waals surface area (Å²) < 4.78 is 29.4. The van der Waals surface area contributed by atoms with Crippen molar-refractivity contribution in [1.82, 2.24) is 15.1 Å². The molecule has 1 aromatic rings. The van der Waals surface area contributed by atoms with E-state index in [-0.39, 0.29) is 23.5 Å². The number of carbonyl (C=O) groups is 1. The van der Waals surface area contributed by atoms with E-state index in [0.29, 0.717) is 31.6 Å². The maximum atomic E-state index is 11.8. The normalized spacial score (nSPS) is 18.6. The van der Waals surface area contributed by atoms with Gasteiger partial charge in [-0.1, -0.05) is 0 Å². The molecule has 1 saturated heterocycles. The van der Waals surface area contributed by atoms with Crippen molar-refractivity contribution in [2.45, 2.75) is 32.4 Å². The molecule has 2 rings (SSSR count). The molecule has 0 atom stereocenters. The lowest BCUT2D eigenvalue weighted by Crippen LogP contribution is -2.37. The van der Waals surface area contributed by atoms with Crippen molar-refractivity contribution >= 4 is 15.8 Å². The molecule has 0 bridgehead atoms. The topological polar surface area (TPSA) is 90.3 Å². The summed E-state index contributed by atoms with van der Waals surface area (Å²) >= 11 is 0. The molecule has 0 radical (unpaired) electrons. The highest BCUT2D eigenvalue weighted by Crippen LogP contribution is 2.14. The average molecular weight is 315 g/mol. The first kappa shape index (κ1) is 16.0. The predicted molar refractivity (Wildman–Crippen MR) is 77.7 cm³/mol. The molecule has 1 aromatic heterocycles. The van der Waals surface area contributed by atoms with Gasteiger partial charge in [0.2, 0.25) is 0 Å². The zero-order valence-corrected chi connectivity index (χ0v) is 13.1. The number of nitrogens with one attached hydrogen (secondary N) is 1. The van der Waals surface area contributed by atoms with Gasteiger partial charge in [-0.2, -0.15) is 5.10 Å². The van der Waals surface area contributed by atoms with Gasteiger partial charge in [-0.3, -0.25) is 4.68 Å². The van der Waals surface area contributed by atoms with Crippen LogP contribution in [0.4, 0.5) is 0 Å². The van der Waals surface area contributed by atoms with Gasteiger partial charge in [-0.05, 0) is 19.8 Å². The van der Waals surface area contributed by atoms with E-state index >= 15 is 0 Å². The van der Waals surface area contributed by atoms with Gasteiger partial charge in [-0.25, -0.2) is 13.2 Å². The van der Waals surface area contributed by atoms with Crippen LogP contribution in [0.1, 0.15) is 35.8 Å². The first-order valence-electron chi connectivity index (χ1n) is 7.04. The molecule has 0 aliphatic carbocycles. The Hall–Kier alpha value is -1.41. The number of aryl methyl sites for hydroxylation is 1. The molecular weight excluding hydrogens is 294 g/mol. The summed E-state index contributed by atoms with van der Waals surface area (Å²) in [6.07, 6.45) is 2.71. The molecule has 2 heterocycles. The quantitative estimate of drug-likeness (QED) is 0.784. The summed E-state index contributed by atoms with van der Waals surface area (Å²) in [4.78, 5) is 11.8. The van der Waals surface area contributed by atoms with Crippen LogP contribution in [0.3, 0.4) is 0 Å². The fraction of sp³-hybridized carbons (Fsp3) is 0.692. The highest BCUT2D eigenvalue weighted by Gasteiger charge is 2.24. The molecule has 1 fully saturated rings. The summed E-state index contributed by atoms with van der Waals surface area (Å²) in [6.45, 7) is 2.55. The first-order valence-corrected chi connectivity index (χ1v) is 8.87.